The van der Waals surface area contributed by atoms with Crippen molar-refractivity contribution >= 4 is 23.4 Å². The van der Waals surface area contributed by atoms with E-state index in [1.165, 1.54) is 25.7 Å². The number of rotatable bonds is 6. The lowest BCUT2D eigenvalue weighted by Gasteiger charge is -2.43. The fraction of sp³-hybridized carbons (Fsp3) is 0.667. The van der Waals surface area contributed by atoms with Crippen molar-refractivity contribution in [2.24, 2.45) is 5.92 Å². The first-order valence-electron chi connectivity index (χ1n) is 13.3. The highest BCUT2D eigenvalue weighted by molar-refractivity contribution is 5.96. The summed E-state index contributed by atoms with van der Waals surface area (Å²) in [5.41, 5.74) is 0.290. The number of para-hydroxylation sites is 1. The van der Waals surface area contributed by atoms with Gasteiger partial charge in [0.2, 0.25) is 11.8 Å². The molecule has 0 bridgehead atoms. The van der Waals surface area contributed by atoms with E-state index in [-0.39, 0.29) is 24.3 Å². The predicted molar refractivity (Wildman–Crippen MR) is 133 cm³/mol. The van der Waals surface area contributed by atoms with E-state index in [1.807, 2.05) is 35.2 Å². The second-order valence-electron chi connectivity index (χ2n) is 10.5. The van der Waals surface area contributed by atoms with Crippen LogP contribution >= 0.6 is 0 Å². The summed E-state index contributed by atoms with van der Waals surface area (Å²) in [6.45, 7) is 3.91. The summed E-state index contributed by atoms with van der Waals surface area (Å²) in [6, 6.07) is 10.00. The van der Waals surface area contributed by atoms with Gasteiger partial charge in [0, 0.05) is 38.3 Å². The Hall–Kier alpha value is -2.61. The Morgan fingerprint density at radius 3 is 2.26 bits per heavy atom. The Labute approximate surface area is 208 Å². The van der Waals surface area contributed by atoms with Gasteiger partial charge in [-0.3, -0.25) is 14.4 Å². The maximum absolute atomic E-state index is 13.8. The third-order valence-electron chi connectivity index (χ3n) is 8.46. The SMILES string of the molecule is O=C(CCC1CCCC1)N1CCC2(CC1)C(=O)N(CC(=O)N1CCOCC1)CN2c1ccccc1. The van der Waals surface area contributed by atoms with Crippen LogP contribution in [0.3, 0.4) is 0 Å². The second-order valence-corrected chi connectivity index (χ2v) is 10.5. The average molecular weight is 483 g/mol. The van der Waals surface area contributed by atoms with Gasteiger partial charge >= 0.3 is 0 Å². The Morgan fingerprint density at radius 2 is 1.57 bits per heavy atom. The number of amides is 3. The first kappa shape index (κ1) is 24.1. The molecule has 3 amide bonds. The zero-order valence-electron chi connectivity index (χ0n) is 20.7. The van der Waals surface area contributed by atoms with Crippen LogP contribution < -0.4 is 4.90 Å². The number of likely N-dealkylation sites (tertiary alicyclic amines) is 1. The van der Waals surface area contributed by atoms with Crippen molar-refractivity contribution in [3.05, 3.63) is 30.3 Å². The van der Waals surface area contributed by atoms with Crippen LogP contribution in [0.1, 0.15) is 51.4 Å². The molecule has 190 valence electrons. The zero-order chi connectivity index (χ0) is 24.3. The topological polar surface area (TPSA) is 73.4 Å². The van der Waals surface area contributed by atoms with E-state index in [2.05, 4.69) is 4.90 Å². The van der Waals surface area contributed by atoms with Crippen LogP contribution in [0.5, 0.6) is 0 Å². The summed E-state index contributed by atoms with van der Waals surface area (Å²) < 4.78 is 5.37. The smallest absolute Gasteiger partial charge is 0.250 e. The summed E-state index contributed by atoms with van der Waals surface area (Å²) in [7, 11) is 0. The molecule has 0 radical (unpaired) electrons. The van der Waals surface area contributed by atoms with Gasteiger partial charge in [-0.2, -0.15) is 0 Å². The lowest BCUT2D eigenvalue weighted by molar-refractivity contribution is -0.143. The van der Waals surface area contributed by atoms with Gasteiger partial charge < -0.3 is 24.3 Å². The molecule has 0 N–H and O–H groups in total. The number of nitrogens with zero attached hydrogens (tertiary/aromatic N) is 4. The summed E-state index contributed by atoms with van der Waals surface area (Å²) in [5, 5.41) is 0. The molecule has 1 aliphatic carbocycles. The molecule has 1 saturated carbocycles. The first-order chi connectivity index (χ1) is 17.1. The largest absolute Gasteiger partial charge is 0.378 e. The highest BCUT2D eigenvalue weighted by atomic mass is 16.5. The van der Waals surface area contributed by atoms with E-state index in [9.17, 15) is 14.4 Å². The molecule has 35 heavy (non-hydrogen) atoms. The maximum atomic E-state index is 13.8. The van der Waals surface area contributed by atoms with Crippen molar-refractivity contribution < 1.29 is 19.1 Å². The lowest BCUT2D eigenvalue weighted by Crippen LogP contribution is -2.57. The Balaban J connectivity index is 1.26. The van der Waals surface area contributed by atoms with Crippen molar-refractivity contribution in [2.45, 2.75) is 56.9 Å². The van der Waals surface area contributed by atoms with Crippen molar-refractivity contribution in [2.75, 3.05) is 57.5 Å². The Morgan fingerprint density at radius 1 is 0.914 bits per heavy atom. The fourth-order valence-electron chi connectivity index (χ4n) is 6.31. The average Bonchev–Trinajstić information content (AvgIpc) is 3.52. The second kappa shape index (κ2) is 10.6. The molecule has 3 saturated heterocycles. The van der Waals surface area contributed by atoms with Crippen molar-refractivity contribution in [1.29, 1.82) is 0 Å². The monoisotopic (exact) mass is 482 g/mol. The van der Waals surface area contributed by atoms with E-state index in [0.29, 0.717) is 71.2 Å². The molecule has 3 heterocycles. The van der Waals surface area contributed by atoms with Crippen LogP contribution in [0.25, 0.3) is 0 Å². The molecule has 1 aromatic carbocycles. The molecular formula is C27H38N4O4. The molecular weight excluding hydrogens is 444 g/mol. The summed E-state index contributed by atoms with van der Waals surface area (Å²) in [6.07, 6.45) is 7.92. The summed E-state index contributed by atoms with van der Waals surface area (Å²) >= 11 is 0. The van der Waals surface area contributed by atoms with Gasteiger partial charge in [-0.05, 0) is 37.3 Å². The number of hydrogen-bond donors (Lipinski definition) is 0. The van der Waals surface area contributed by atoms with E-state index < -0.39 is 5.54 Å². The number of hydrogen-bond acceptors (Lipinski definition) is 5. The van der Waals surface area contributed by atoms with Gasteiger partial charge in [-0.15, -0.1) is 0 Å². The van der Waals surface area contributed by atoms with Crippen LogP contribution in [-0.2, 0) is 19.1 Å². The Bertz CT molecular complexity index is 903. The highest BCUT2D eigenvalue weighted by Crippen LogP contribution is 2.40. The van der Waals surface area contributed by atoms with Gasteiger partial charge in [0.05, 0.1) is 19.9 Å². The van der Waals surface area contributed by atoms with Crippen molar-refractivity contribution in [3.63, 3.8) is 0 Å². The van der Waals surface area contributed by atoms with Crippen LogP contribution in [0.15, 0.2) is 30.3 Å². The molecule has 1 spiro atoms. The van der Waals surface area contributed by atoms with Gasteiger partial charge in [0.1, 0.15) is 12.1 Å². The molecule has 8 heteroatoms. The van der Waals surface area contributed by atoms with Crippen LogP contribution in [0.2, 0.25) is 0 Å². The molecule has 4 fully saturated rings. The minimum Gasteiger partial charge on any atom is -0.378 e. The number of benzene rings is 1. The van der Waals surface area contributed by atoms with Crippen LogP contribution in [0, 0.1) is 5.92 Å². The molecule has 5 rings (SSSR count). The van der Waals surface area contributed by atoms with Gasteiger partial charge in [0.15, 0.2) is 0 Å². The molecule has 3 aliphatic heterocycles. The minimum atomic E-state index is -0.700. The number of piperidine rings is 1. The minimum absolute atomic E-state index is 0.0148. The third kappa shape index (κ3) is 5.03. The number of carbonyl (C=O) groups excluding carboxylic acids is 3. The fourth-order valence-corrected chi connectivity index (χ4v) is 6.31. The van der Waals surface area contributed by atoms with E-state index in [4.69, 9.17) is 4.74 Å². The van der Waals surface area contributed by atoms with Crippen molar-refractivity contribution in [3.8, 4) is 0 Å². The van der Waals surface area contributed by atoms with Crippen LogP contribution in [-0.4, -0.2) is 90.6 Å². The Kier molecular flexibility index (Phi) is 7.27. The van der Waals surface area contributed by atoms with Gasteiger partial charge in [-0.1, -0.05) is 43.9 Å². The molecule has 0 unspecified atom stereocenters. The predicted octanol–water partition coefficient (Wildman–Crippen LogP) is 2.48. The normalized spacial score (nSPS) is 22.9. The summed E-state index contributed by atoms with van der Waals surface area (Å²) in [5.74, 6) is 0.924. The van der Waals surface area contributed by atoms with Gasteiger partial charge in [0.25, 0.3) is 5.91 Å². The van der Waals surface area contributed by atoms with Gasteiger partial charge in [-0.25, -0.2) is 0 Å². The van der Waals surface area contributed by atoms with E-state index in [1.54, 1.807) is 9.80 Å². The molecule has 0 atom stereocenters. The van der Waals surface area contributed by atoms with Crippen LogP contribution in [0.4, 0.5) is 5.69 Å². The lowest BCUT2D eigenvalue weighted by atomic mass is 9.85. The van der Waals surface area contributed by atoms with E-state index >= 15 is 0 Å². The molecule has 8 nitrogen and oxygen atoms in total. The molecule has 4 aliphatic rings. The summed E-state index contributed by atoms with van der Waals surface area (Å²) in [4.78, 5) is 47.3. The first-order valence-corrected chi connectivity index (χ1v) is 13.3. The number of morpholine rings is 1. The highest BCUT2D eigenvalue weighted by Gasteiger charge is 2.54. The standard InChI is InChI=1S/C27H38N4O4/c32-24(11-10-22-6-4-5-7-22)28-14-12-27(13-15-28)26(34)30(20-25(33)29-16-18-35-19-17-29)21-31(27)23-8-2-1-3-9-23/h1-3,8-9,22H,4-7,10-21H2. The zero-order valence-corrected chi connectivity index (χ0v) is 20.7. The van der Waals surface area contributed by atoms with E-state index in [0.717, 1.165) is 12.1 Å². The molecule has 0 aromatic heterocycles. The number of carbonyl (C=O) groups is 3. The number of ether oxygens (including phenoxy) is 1. The van der Waals surface area contributed by atoms with Crippen molar-refractivity contribution in [1.82, 2.24) is 14.7 Å². The quantitative estimate of drug-likeness (QED) is 0.623. The molecule has 1 aromatic rings. The maximum Gasteiger partial charge on any atom is 0.250 e. The third-order valence-corrected chi connectivity index (χ3v) is 8.46. The number of anilines is 1.